The van der Waals surface area contributed by atoms with E-state index in [1.165, 1.54) is 12.1 Å². The van der Waals surface area contributed by atoms with Crippen molar-refractivity contribution in [2.24, 2.45) is 0 Å². The summed E-state index contributed by atoms with van der Waals surface area (Å²) < 4.78 is 0. The molecule has 0 aromatic heterocycles. The van der Waals surface area contributed by atoms with Gasteiger partial charge in [0.1, 0.15) is 0 Å². The summed E-state index contributed by atoms with van der Waals surface area (Å²) in [5.41, 5.74) is 1.17. The molecule has 1 aromatic carbocycles. The van der Waals surface area contributed by atoms with Gasteiger partial charge in [0, 0.05) is 37.7 Å². The van der Waals surface area contributed by atoms with Crippen LogP contribution >= 0.6 is 0 Å². The maximum absolute atomic E-state index is 12.1. The Balaban J connectivity index is 2.66. The first kappa shape index (κ1) is 19.1. The van der Waals surface area contributed by atoms with Crippen molar-refractivity contribution in [3.8, 4) is 0 Å². The standard InChI is InChI=1S/C16H25N3O4/c1-11(2)18(10-13(4)20)8-7-16(21)17-15-9-14(19(22)23)6-5-12(15)3/h5-6,9,11,13,20H,7-8,10H2,1-4H3,(H,17,21). The third-order valence-corrected chi connectivity index (χ3v) is 3.56. The molecule has 0 aliphatic rings. The molecular weight excluding hydrogens is 298 g/mol. The molecule has 1 rings (SSSR count). The molecule has 1 unspecified atom stereocenters. The summed E-state index contributed by atoms with van der Waals surface area (Å²) in [6, 6.07) is 4.61. The molecule has 0 saturated heterocycles. The van der Waals surface area contributed by atoms with Gasteiger partial charge < -0.3 is 10.4 Å². The van der Waals surface area contributed by atoms with Crippen LogP contribution in [-0.4, -0.2) is 46.1 Å². The van der Waals surface area contributed by atoms with E-state index in [0.29, 0.717) is 18.8 Å². The number of rotatable bonds is 8. The Morgan fingerprint density at radius 1 is 1.39 bits per heavy atom. The molecule has 0 radical (unpaired) electrons. The highest BCUT2D eigenvalue weighted by atomic mass is 16.6. The molecule has 0 spiro atoms. The van der Waals surface area contributed by atoms with Crippen molar-refractivity contribution in [3.05, 3.63) is 33.9 Å². The zero-order chi connectivity index (χ0) is 17.6. The minimum atomic E-state index is -0.488. The molecule has 1 amide bonds. The lowest BCUT2D eigenvalue weighted by molar-refractivity contribution is -0.384. The van der Waals surface area contributed by atoms with Gasteiger partial charge in [-0.15, -0.1) is 0 Å². The van der Waals surface area contributed by atoms with E-state index < -0.39 is 11.0 Å². The number of nitro benzene ring substituents is 1. The summed E-state index contributed by atoms with van der Waals surface area (Å²) in [6.07, 6.45) is -0.202. The zero-order valence-corrected chi connectivity index (χ0v) is 14.1. The summed E-state index contributed by atoms with van der Waals surface area (Å²) in [4.78, 5) is 24.4. The number of non-ortho nitro benzene ring substituents is 1. The Bertz CT molecular complexity index is 558. The molecule has 0 aliphatic heterocycles. The Kier molecular flexibility index (Phi) is 7.12. The minimum absolute atomic E-state index is 0.0520. The first-order valence-electron chi connectivity index (χ1n) is 7.67. The van der Waals surface area contributed by atoms with Gasteiger partial charge in [-0.25, -0.2) is 0 Å². The number of benzene rings is 1. The van der Waals surface area contributed by atoms with Gasteiger partial charge in [0.15, 0.2) is 0 Å². The monoisotopic (exact) mass is 323 g/mol. The van der Waals surface area contributed by atoms with E-state index in [2.05, 4.69) is 5.32 Å². The Labute approximate surface area is 136 Å². The summed E-state index contributed by atoms with van der Waals surface area (Å²) in [5, 5.41) is 23.0. The fourth-order valence-electron chi connectivity index (χ4n) is 2.22. The van der Waals surface area contributed by atoms with E-state index in [9.17, 15) is 20.0 Å². The van der Waals surface area contributed by atoms with Crippen molar-refractivity contribution in [1.29, 1.82) is 0 Å². The summed E-state index contributed by atoms with van der Waals surface area (Å²) >= 11 is 0. The number of carbonyl (C=O) groups is 1. The molecule has 1 atom stereocenters. The van der Waals surface area contributed by atoms with Crippen LogP contribution in [0.25, 0.3) is 0 Å². The highest BCUT2D eigenvalue weighted by Gasteiger charge is 2.15. The van der Waals surface area contributed by atoms with E-state index in [-0.39, 0.29) is 24.1 Å². The van der Waals surface area contributed by atoms with Crippen molar-refractivity contribution < 1.29 is 14.8 Å². The number of amides is 1. The Morgan fingerprint density at radius 2 is 2.04 bits per heavy atom. The lowest BCUT2D eigenvalue weighted by atomic mass is 10.1. The van der Waals surface area contributed by atoms with Crippen molar-refractivity contribution in [1.82, 2.24) is 4.90 Å². The molecule has 23 heavy (non-hydrogen) atoms. The van der Waals surface area contributed by atoms with Crippen molar-refractivity contribution in [2.75, 3.05) is 18.4 Å². The quantitative estimate of drug-likeness (QED) is 0.565. The third-order valence-electron chi connectivity index (χ3n) is 3.56. The van der Waals surface area contributed by atoms with Crippen molar-refractivity contribution in [3.63, 3.8) is 0 Å². The second-order valence-electron chi connectivity index (χ2n) is 5.99. The molecule has 128 valence electrons. The van der Waals surface area contributed by atoms with E-state index in [1.54, 1.807) is 19.9 Å². The molecule has 2 N–H and O–H groups in total. The number of nitro groups is 1. The van der Waals surface area contributed by atoms with Crippen LogP contribution in [0.1, 0.15) is 32.8 Å². The van der Waals surface area contributed by atoms with Crippen LogP contribution in [0.3, 0.4) is 0 Å². The van der Waals surface area contributed by atoms with E-state index >= 15 is 0 Å². The summed E-state index contributed by atoms with van der Waals surface area (Å²) in [7, 11) is 0. The fourth-order valence-corrected chi connectivity index (χ4v) is 2.22. The average molecular weight is 323 g/mol. The van der Waals surface area contributed by atoms with E-state index in [1.807, 2.05) is 18.7 Å². The molecule has 0 heterocycles. The van der Waals surface area contributed by atoms with Crippen molar-refractivity contribution >= 4 is 17.3 Å². The number of hydrogen-bond acceptors (Lipinski definition) is 5. The molecule has 7 heteroatoms. The molecular formula is C16H25N3O4. The first-order chi connectivity index (χ1) is 10.7. The summed E-state index contributed by atoms with van der Waals surface area (Å²) in [6.45, 7) is 8.52. The second-order valence-corrected chi connectivity index (χ2v) is 5.99. The fraction of sp³-hybridized carbons (Fsp3) is 0.562. The zero-order valence-electron chi connectivity index (χ0n) is 14.1. The number of hydrogen-bond donors (Lipinski definition) is 2. The predicted molar refractivity (Wildman–Crippen MR) is 89.5 cm³/mol. The van der Waals surface area contributed by atoms with Crippen LogP contribution in [0.2, 0.25) is 0 Å². The lowest BCUT2D eigenvalue weighted by Gasteiger charge is -2.27. The number of aryl methyl sites for hydroxylation is 1. The number of aliphatic hydroxyl groups is 1. The normalized spacial score (nSPS) is 12.5. The van der Waals surface area contributed by atoms with Crippen LogP contribution in [0, 0.1) is 17.0 Å². The second kappa shape index (κ2) is 8.59. The number of nitrogens with one attached hydrogen (secondary N) is 1. The third kappa shape index (κ3) is 6.33. The van der Waals surface area contributed by atoms with Gasteiger partial charge in [-0.3, -0.25) is 19.8 Å². The van der Waals surface area contributed by atoms with Crippen LogP contribution in [0.5, 0.6) is 0 Å². The van der Waals surface area contributed by atoms with Crippen LogP contribution in [0.4, 0.5) is 11.4 Å². The Hall–Kier alpha value is -1.99. The number of nitrogens with zero attached hydrogens (tertiary/aromatic N) is 2. The van der Waals surface area contributed by atoms with E-state index in [4.69, 9.17) is 0 Å². The van der Waals surface area contributed by atoms with Crippen molar-refractivity contribution in [2.45, 2.75) is 46.3 Å². The molecule has 7 nitrogen and oxygen atoms in total. The number of carbonyl (C=O) groups excluding carboxylic acids is 1. The van der Waals surface area contributed by atoms with Gasteiger partial charge in [0.2, 0.25) is 5.91 Å². The minimum Gasteiger partial charge on any atom is -0.392 e. The smallest absolute Gasteiger partial charge is 0.271 e. The topological polar surface area (TPSA) is 95.7 Å². The van der Waals surface area contributed by atoms with Gasteiger partial charge in [0.25, 0.3) is 5.69 Å². The van der Waals surface area contributed by atoms with Gasteiger partial charge in [0.05, 0.1) is 16.7 Å². The van der Waals surface area contributed by atoms with E-state index in [0.717, 1.165) is 5.56 Å². The Morgan fingerprint density at radius 3 is 2.57 bits per heavy atom. The molecule has 0 bridgehead atoms. The highest BCUT2D eigenvalue weighted by molar-refractivity contribution is 5.92. The van der Waals surface area contributed by atoms with Crippen LogP contribution in [-0.2, 0) is 4.79 Å². The lowest BCUT2D eigenvalue weighted by Crippen LogP contribution is -2.38. The molecule has 0 fully saturated rings. The van der Waals surface area contributed by atoms with Gasteiger partial charge >= 0.3 is 0 Å². The predicted octanol–water partition coefficient (Wildman–Crippen LogP) is 2.32. The van der Waals surface area contributed by atoms with Gasteiger partial charge in [-0.05, 0) is 33.3 Å². The SMILES string of the molecule is Cc1ccc([N+](=O)[O-])cc1NC(=O)CCN(CC(C)O)C(C)C. The summed E-state index contributed by atoms with van der Waals surface area (Å²) in [5.74, 6) is -0.204. The maximum Gasteiger partial charge on any atom is 0.271 e. The number of aliphatic hydroxyl groups excluding tert-OH is 1. The largest absolute Gasteiger partial charge is 0.392 e. The van der Waals surface area contributed by atoms with Gasteiger partial charge in [-0.2, -0.15) is 0 Å². The van der Waals surface area contributed by atoms with Crippen LogP contribution in [0.15, 0.2) is 18.2 Å². The molecule has 1 aromatic rings. The maximum atomic E-state index is 12.1. The number of anilines is 1. The first-order valence-corrected chi connectivity index (χ1v) is 7.67. The van der Waals surface area contributed by atoms with Gasteiger partial charge in [-0.1, -0.05) is 6.07 Å². The molecule has 0 aliphatic carbocycles. The average Bonchev–Trinajstić information content (AvgIpc) is 2.44. The molecule has 0 saturated carbocycles. The van der Waals surface area contributed by atoms with Crippen LogP contribution < -0.4 is 5.32 Å². The highest BCUT2D eigenvalue weighted by Crippen LogP contribution is 2.22.